The minimum Gasteiger partial charge on any atom is -0.135 e. The topological polar surface area (TPSA) is 25.8 Å². The Balaban J connectivity index is 2.50. The zero-order chi connectivity index (χ0) is 5.82. The predicted molar refractivity (Wildman–Crippen MR) is 35.1 cm³/mol. The van der Waals surface area contributed by atoms with Crippen molar-refractivity contribution in [3.8, 4) is 0 Å². The van der Waals surface area contributed by atoms with Gasteiger partial charge in [-0.05, 0) is 17.3 Å². The molecule has 2 nitrogen and oxygen atoms in total. The molecule has 1 rings (SSSR count). The molecule has 43 valence electrons. The van der Waals surface area contributed by atoms with Crippen LogP contribution < -0.4 is 0 Å². The maximum atomic E-state index is 3.66. The van der Waals surface area contributed by atoms with Gasteiger partial charge in [0.1, 0.15) is 10.4 Å². The molecule has 1 radical (unpaired) electrons. The van der Waals surface area contributed by atoms with Crippen molar-refractivity contribution in [3.63, 3.8) is 0 Å². The molecule has 0 saturated heterocycles. The van der Waals surface area contributed by atoms with Gasteiger partial charge in [0.15, 0.2) is 0 Å². The molecular weight excluding hydrogens is 140 g/mol. The van der Waals surface area contributed by atoms with Crippen molar-refractivity contribution in [2.75, 3.05) is 5.75 Å². The van der Waals surface area contributed by atoms with E-state index in [1.165, 1.54) is 11.5 Å². The van der Waals surface area contributed by atoms with Crippen LogP contribution in [0.2, 0.25) is 0 Å². The van der Waals surface area contributed by atoms with E-state index in [2.05, 4.69) is 22.7 Å². The molecular formula is C4H5N2S2. The smallest absolute Gasteiger partial charge is 0.135 e. The zero-order valence-corrected chi connectivity index (χ0v) is 6.05. The highest BCUT2D eigenvalue weighted by Crippen LogP contribution is 2.17. The van der Waals surface area contributed by atoms with E-state index in [1.807, 2.05) is 0 Å². The maximum absolute atomic E-state index is 3.66. The molecule has 4 heteroatoms. The van der Waals surface area contributed by atoms with Crippen LogP contribution >= 0.6 is 23.3 Å². The summed E-state index contributed by atoms with van der Waals surface area (Å²) in [4.78, 5) is 0. The van der Waals surface area contributed by atoms with Gasteiger partial charge < -0.3 is 0 Å². The Kier molecular flexibility index (Phi) is 2.29. The lowest BCUT2D eigenvalue weighted by Gasteiger charge is -1.82. The summed E-state index contributed by atoms with van der Waals surface area (Å²) in [6.07, 6.45) is 2.76. The molecule has 0 aliphatic heterocycles. The first-order valence-electron chi connectivity index (χ1n) is 2.26. The quantitative estimate of drug-likeness (QED) is 0.589. The van der Waals surface area contributed by atoms with Gasteiger partial charge >= 0.3 is 0 Å². The Bertz CT molecular complexity index is 138. The van der Waals surface area contributed by atoms with Crippen LogP contribution in [0.5, 0.6) is 0 Å². The lowest BCUT2D eigenvalue weighted by molar-refractivity contribution is 1.13. The third-order valence-corrected chi connectivity index (χ3v) is 2.22. The van der Waals surface area contributed by atoms with Crippen LogP contribution in [0.3, 0.4) is 0 Å². The first-order chi connectivity index (χ1) is 3.93. The Hall–Kier alpha value is -0.0900. The summed E-state index contributed by atoms with van der Waals surface area (Å²) < 4.78 is 4.73. The SMILES string of the molecule is CCSc1[c]nns1. The fourth-order valence-electron chi connectivity index (χ4n) is 0.329. The fourth-order valence-corrected chi connectivity index (χ4v) is 1.60. The standard InChI is InChI=1S/C4H5N2S2/c1-2-7-4-3-5-6-8-4/h2H2,1H3. The highest BCUT2D eigenvalue weighted by atomic mass is 32.2. The number of thioether (sulfide) groups is 1. The number of nitrogens with zero attached hydrogens (tertiary/aromatic N) is 2. The summed E-state index contributed by atoms with van der Waals surface area (Å²) in [6, 6.07) is 0. The summed E-state index contributed by atoms with van der Waals surface area (Å²) in [5.74, 6) is 1.07. The van der Waals surface area contributed by atoms with Crippen LogP contribution in [-0.4, -0.2) is 15.3 Å². The third-order valence-electron chi connectivity index (χ3n) is 0.581. The lowest BCUT2D eigenvalue weighted by atomic mass is 11.0. The molecule has 0 saturated carbocycles. The summed E-state index contributed by atoms with van der Waals surface area (Å²) in [5.41, 5.74) is 0. The maximum Gasteiger partial charge on any atom is 0.142 e. The second kappa shape index (κ2) is 3.04. The number of aromatic nitrogens is 2. The second-order valence-corrected chi connectivity index (χ2v) is 3.39. The molecule has 1 aromatic rings. The molecule has 0 aliphatic rings. The van der Waals surface area contributed by atoms with E-state index >= 15 is 0 Å². The summed E-state index contributed by atoms with van der Waals surface area (Å²) in [7, 11) is 0. The lowest BCUT2D eigenvalue weighted by Crippen LogP contribution is -1.61. The predicted octanol–water partition coefficient (Wildman–Crippen LogP) is 1.45. The highest BCUT2D eigenvalue weighted by molar-refractivity contribution is 8.01. The fraction of sp³-hybridized carbons (Fsp3) is 0.500. The van der Waals surface area contributed by atoms with E-state index in [1.54, 1.807) is 11.8 Å². The van der Waals surface area contributed by atoms with E-state index < -0.39 is 0 Å². The monoisotopic (exact) mass is 145 g/mol. The second-order valence-electron chi connectivity index (χ2n) is 1.11. The molecule has 8 heavy (non-hydrogen) atoms. The average Bonchev–Trinajstić information content (AvgIpc) is 2.19. The van der Waals surface area contributed by atoms with Crippen molar-refractivity contribution < 1.29 is 0 Å². The van der Waals surface area contributed by atoms with Crippen molar-refractivity contribution in [1.29, 1.82) is 0 Å². The van der Waals surface area contributed by atoms with E-state index in [-0.39, 0.29) is 0 Å². The highest BCUT2D eigenvalue weighted by Gasteiger charge is 1.91. The molecule has 0 unspecified atom stereocenters. The third kappa shape index (κ3) is 1.45. The summed E-state index contributed by atoms with van der Waals surface area (Å²) in [6.45, 7) is 2.10. The average molecular weight is 145 g/mol. The largest absolute Gasteiger partial charge is 0.142 e. The molecule has 0 spiro atoms. The Morgan fingerprint density at radius 2 is 2.75 bits per heavy atom. The minimum atomic E-state index is 1.07. The number of rotatable bonds is 2. The van der Waals surface area contributed by atoms with Gasteiger partial charge in [0, 0.05) is 0 Å². The van der Waals surface area contributed by atoms with Crippen molar-refractivity contribution in [3.05, 3.63) is 6.20 Å². The van der Waals surface area contributed by atoms with Crippen molar-refractivity contribution in [2.45, 2.75) is 11.1 Å². The molecule has 0 atom stereocenters. The summed E-state index contributed by atoms with van der Waals surface area (Å²) in [5, 5.41) is 3.56. The van der Waals surface area contributed by atoms with Gasteiger partial charge in [-0.3, -0.25) is 0 Å². The van der Waals surface area contributed by atoms with Crippen LogP contribution in [0.15, 0.2) is 4.21 Å². The van der Waals surface area contributed by atoms with Gasteiger partial charge in [0.25, 0.3) is 0 Å². The molecule has 1 heterocycles. The first kappa shape index (κ1) is 6.04. The van der Waals surface area contributed by atoms with E-state index in [0.717, 1.165) is 9.96 Å². The van der Waals surface area contributed by atoms with E-state index in [9.17, 15) is 0 Å². The van der Waals surface area contributed by atoms with Crippen LogP contribution in [0.25, 0.3) is 0 Å². The van der Waals surface area contributed by atoms with Crippen LogP contribution in [0, 0.1) is 6.20 Å². The van der Waals surface area contributed by atoms with Gasteiger partial charge in [0.05, 0.1) is 0 Å². The van der Waals surface area contributed by atoms with Crippen molar-refractivity contribution in [2.24, 2.45) is 0 Å². The van der Waals surface area contributed by atoms with Gasteiger partial charge in [-0.1, -0.05) is 11.4 Å². The normalized spacial score (nSPS) is 9.62. The first-order valence-corrected chi connectivity index (χ1v) is 4.02. The van der Waals surface area contributed by atoms with Crippen LogP contribution in [0.1, 0.15) is 6.92 Å². The molecule has 0 aliphatic carbocycles. The zero-order valence-electron chi connectivity index (χ0n) is 4.42. The van der Waals surface area contributed by atoms with Crippen LogP contribution in [-0.2, 0) is 0 Å². The molecule has 1 aromatic heterocycles. The molecule has 0 aromatic carbocycles. The van der Waals surface area contributed by atoms with Crippen LogP contribution in [0.4, 0.5) is 0 Å². The van der Waals surface area contributed by atoms with E-state index in [0.29, 0.717) is 0 Å². The molecule has 0 amide bonds. The van der Waals surface area contributed by atoms with Gasteiger partial charge in [-0.2, -0.15) is 0 Å². The number of hydrogen-bond acceptors (Lipinski definition) is 4. The molecule has 0 N–H and O–H groups in total. The van der Waals surface area contributed by atoms with Crippen molar-refractivity contribution >= 4 is 23.3 Å². The van der Waals surface area contributed by atoms with Crippen molar-refractivity contribution in [1.82, 2.24) is 9.59 Å². The Morgan fingerprint density at radius 1 is 1.88 bits per heavy atom. The number of hydrogen-bond donors (Lipinski definition) is 0. The van der Waals surface area contributed by atoms with Gasteiger partial charge in [0.2, 0.25) is 0 Å². The Labute approximate surface area is 56.5 Å². The summed E-state index contributed by atoms with van der Waals surface area (Å²) >= 11 is 3.11. The van der Waals surface area contributed by atoms with Gasteiger partial charge in [-0.15, -0.1) is 16.9 Å². The van der Waals surface area contributed by atoms with Gasteiger partial charge in [-0.25, -0.2) is 0 Å². The minimum absolute atomic E-state index is 1.07. The Morgan fingerprint density at radius 3 is 3.25 bits per heavy atom. The molecule has 0 bridgehead atoms. The molecule has 0 fully saturated rings. The van der Waals surface area contributed by atoms with E-state index in [4.69, 9.17) is 0 Å².